The van der Waals surface area contributed by atoms with Crippen molar-refractivity contribution in [3.05, 3.63) is 11.2 Å². The van der Waals surface area contributed by atoms with Gasteiger partial charge in [-0.1, -0.05) is 18.0 Å². The molecule has 0 saturated heterocycles. The van der Waals surface area contributed by atoms with Crippen molar-refractivity contribution in [2.24, 2.45) is 0 Å². The Morgan fingerprint density at radius 1 is 1.45 bits per heavy atom. The number of nitrogens with zero attached hydrogens (tertiary/aromatic N) is 2. The summed E-state index contributed by atoms with van der Waals surface area (Å²) in [5.41, 5.74) is 0. The molecule has 0 radical (unpaired) electrons. The molecule has 1 aromatic heterocycles. The van der Waals surface area contributed by atoms with E-state index in [-0.39, 0.29) is 17.3 Å². The van der Waals surface area contributed by atoms with Crippen molar-refractivity contribution in [3.63, 3.8) is 0 Å². The molecule has 0 bridgehead atoms. The van der Waals surface area contributed by atoms with Gasteiger partial charge in [0.2, 0.25) is 0 Å². The average molecular weight is 320 g/mol. The van der Waals surface area contributed by atoms with Crippen molar-refractivity contribution in [3.8, 4) is 6.01 Å². The summed E-state index contributed by atoms with van der Waals surface area (Å²) < 4.78 is 28.3. The standard InChI is InChI=1S/C12H18ClN3O3S/c1-19-12-14-7-10(13)11(16-12)15-8-4-3-5-9(6-8)20(2,17)18/h7-9H,3-6H2,1-2H3,(H,14,15,16)/t8-,9-/m1/s1. The molecule has 1 aliphatic rings. The van der Waals surface area contributed by atoms with Gasteiger partial charge in [-0.25, -0.2) is 13.4 Å². The molecular weight excluding hydrogens is 302 g/mol. The van der Waals surface area contributed by atoms with Crippen LogP contribution >= 0.6 is 11.6 Å². The third-order valence-corrected chi connectivity index (χ3v) is 5.39. The topological polar surface area (TPSA) is 81.2 Å². The summed E-state index contributed by atoms with van der Waals surface area (Å²) in [5.74, 6) is 0.484. The van der Waals surface area contributed by atoms with E-state index in [9.17, 15) is 8.42 Å². The fourth-order valence-electron chi connectivity index (χ4n) is 2.41. The van der Waals surface area contributed by atoms with Gasteiger partial charge in [-0.2, -0.15) is 4.98 Å². The molecule has 0 unspecified atom stereocenters. The van der Waals surface area contributed by atoms with E-state index in [1.165, 1.54) is 19.6 Å². The van der Waals surface area contributed by atoms with E-state index < -0.39 is 9.84 Å². The molecule has 0 aliphatic heterocycles. The van der Waals surface area contributed by atoms with Crippen LogP contribution in [0.15, 0.2) is 6.20 Å². The third kappa shape index (κ3) is 3.73. The summed E-state index contributed by atoms with van der Waals surface area (Å²) in [7, 11) is -1.52. The monoisotopic (exact) mass is 319 g/mol. The summed E-state index contributed by atoms with van der Waals surface area (Å²) in [5, 5.41) is 3.30. The first kappa shape index (κ1) is 15.3. The van der Waals surface area contributed by atoms with E-state index >= 15 is 0 Å². The fraction of sp³-hybridized carbons (Fsp3) is 0.667. The van der Waals surface area contributed by atoms with Crippen LogP contribution in [0, 0.1) is 0 Å². The van der Waals surface area contributed by atoms with Crippen LogP contribution in [0.25, 0.3) is 0 Å². The molecular formula is C12H18ClN3O3S. The highest BCUT2D eigenvalue weighted by atomic mass is 35.5. The molecule has 112 valence electrons. The maximum atomic E-state index is 11.7. The largest absolute Gasteiger partial charge is 0.467 e. The molecule has 1 aliphatic carbocycles. The maximum Gasteiger partial charge on any atom is 0.318 e. The SMILES string of the molecule is COc1ncc(Cl)c(N[C@@H]2CCC[C@@H](S(C)(=O)=O)C2)n1. The zero-order valence-electron chi connectivity index (χ0n) is 11.5. The van der Waals surface area contributed by atoms with Gasteiger partial charge in [0.15, 0.2) is 5.82 Å². The molecule has 2 atom stereocenters. The minimum Gasteiger partial charge on any atom is -0.467 e. The lowest BCUT2D eigenvalue weighted by molar-refractivity contribution is 0.379. The molecule has 8 heteroatoms. The van der Waals surface area contributed by atoms with E-state index in [0.717, 1.165) is 19.3 Å². The Balaban J connectivity index is 2.10. The second-order valence-corrected chi connectivity index (χ2v) is 7.75. The summed E-state index contributed by atoms with van der Waals surface area (Å²) >= 11 is 6.04. The lowest BCUT2D eigenvalue weighted by Gasteiger charge is -2.29. The summed E-state index contributed by atoms with van der Waals surface area (Å²) in [6, 6.07) is 0.271. The zero-order chi connectivity index (χ0) is 14.8. The average Bonchev–Trinajstić information content (AvgIpc) is 2.41. The van der Waals surface area contributed by atoms with Crippen LogP contribution in [0.5, 0.6) is 6.01 Å². The third-order valence-electron chi connectivity index (χ3n) is 3.48. The van der Waals surface area contributed by atoms with E-state index in [1.54, 1.807) is 0 Å². The molecule has 1 aromatic rings. The van der Waals surface area contributed by atoms with Crippen molar-refractivity contribution in [1.82, 2.24) is 9.97 Å². The van der Waals surface area contributed by atoms with E-state index in [0.29, 0.717) is 17.3 Å². The Hall–Kier alpha value is -1.08. The van der Waals surface area contributed by atoms with Gasteiger partial charge in [0, 0.05) is 12.3 Å². The van der Waals surface area contributed by atoms with Gasteiger partial charge in [0.05, 0.1) is 18.6 Å². The van der Waals surface area contributed by atoms with Gasteiger partial charge in [-0.05, 0) is 19.3 Å². The van der Waals surface area contributed by atoms with Crippen molar-refractivity contribution >= 4 is 27.3 Å². The Morgan fingerprint density at radius 2 is 2.20 bits per heavy atom. The molecule has 0 aromatic carbocycles. The first-order valence-electron chi connectivity index (χ1n) is 6.42. The molecule has 0 spiro atoms. The van der Waals surface area contributed by atoms with Crippen LogP contribution in [0.3, 0.4) is 0 Å². The number of rotatable bonds is 4. The number of hydrogen-bond donors (Lipinski definition) is 1. The quantitative estimate of drug-likeness (QED) is 0.913. The van der Waals surface area contributed by atoms with Crippen LogP contribution in [0.1, 0.15) is 25.7 Å². The summed E-state index contributed by atoms with van der Waals surface area (Å²) in [6.07, 6.45) is 5.82. The second kappa shape index (κ2) is 6.13. The van der Waals surface area contributed by atoms with E-state index in [4.69, 9.17) is 16.3 Å². The number of anilines is 1. The molecule has 1 heterocycles. The predicted octanol–water partition coefficient (Wildman–Crippen LogP) is 1.91. The van der Waals surface area contributed by atoms with Crippen LogP contribution in [-0.2, 0) is 9.84 Å². The van der Waals surface area contributed by atoms with Crippen LogP contribution in [0.4, 0.5) is 5.82 Å². The number of ether oxygens (including phenoxy) is 1. The number of hydrogen-bond acceptors (Lipinski definition) is 6. The summed E-state index contributed by atoms with van der Waals surface area (Å²) in [4.78, 5) is 8.05. The van der Waals surface area contributed by atoms with Crippen molar-refractivity contribution in [2.45, 2.75) is 37.0 Å². The zero-order valence-corrected chi connectivity index (χ0v) is 13.0. The Kier molecular flexibility index (Phi) is 4.70. The van der Waals surface area contributed by atoms with E-state index in [1.807, 2.05) is 0 Å². The lowest BCUT2D eigenvalue weighted by atomic mass is 9.95. The van der Waals surface area contributed by atoms with Crippen molar-refractivity contribution in [2.75, 3.05) is 18.7 Å². The molecule has 2 rings (SSSR count). The Labute approximate surface area is 123 Å². The highest BCUT2D eigenvalue weighted by Crippen LogP contribution is 2.28. The summed E-state index contributed by atoms with van der Waals surface area (Å²) in [6.45, 7) is 0. The second-order valence-electron chi connectivity index (χ2n) is 5.01. The highest BCUT2D eigenvalue weighted by Gasteiger charge is 2.29. The number of halogens is 1. The number of methoxy groups -OCH3 is 1. The van der Waals surface area contributed by atoms with Crippen LogP contribution in [-0.4, -0.2) is 43.0 Å². The van der Waals surface area contributed by atoms with Gasteiger partial charge in [-0.15, -0.1) is 0 Å². The smallest absolute Gasteiger partial charge is 0.318 e. The Morgan fingerprint density at radius 3 is 2.85 bits per heavy atom. The normalized spacial score (nSPS) is 23.4. The minimum atomic E-state index is -3.00. The lowest BCUT2D eigenvalue weighted by Crippen LogP contribution is -2.34. The fourth-order valence-corrected chi connectivity index (χ4v) is 3.73. The van der Waals surface area contributed by atoms with Gasteiger partial charge in [0.25, 0.3) is 0 Å². The van der Waals surface area contributed by atoms with Crippen molar-refractivity contribution < 1.29 is 13.2 Å². The van der Waals surface area contributed by atoms with Crippen molar-refractivity contribution in [1.29, 1.82) is 0 Å². The van der Waals surface area contributed by atoms with Crippen LogP contribution in [0.2, 0.25) is 5.02 Å². The molecule has 1 N–H and O–H groups in total. The van der Waals surface area contributed by atoms with Gasteiger partial charge < -0.3 is 10.1 Å². The minimum absolute atomic E-state index is 0.0422. The van der Waals surface area contributed by atoms with Gasteiger partial charge in [0.1, 0.15) is 14.9 Å². The van der Waals surface area contributed by atoms with Gasteiger partial charge in [-0.3, -0.25) is 0 Å². The number of sulfone groups is 1. The maximum absolute atomic E-state index is 11.7. The molecule has 6 nitrogen and oxygen atoms in total. The predicted molar refractivity (Wildman–Crippen MR) is 78.1 cm³/mol. The Bertz CT molecular complexity index is 579. The van der Waals surface area contributed by atoms with Gasteiger partial charge >= 0.3 is 6.01 Å². The molecule has 0 amide bonds. The number of aromatic nitrogens is 2. The highest BCUT2D eigenvalue weighted by molar-refractivity contribution is 7.91. The molecule has 1 saturated carbocycles. The van der Waals surface area contributed by atoms with E-state index in [2.05, 4.69) is 15.3 Å². The molecule has 20 heavy (non-hydrogen) atoms. The van der Waals surface area contributed by atoms with Crippen LogP contribution < -0.4 is 10.1 Å². The first-order chi connectivity index (χ1) is 9.40. The first-order valence-corrected chi connectivity index (χ1v) is 8.75. The molecule has 1 fully saturated rings. The number of nitrogens with one attached hydrogen (secondary N) is 1.